The largest absolute Gasteiger partial charge is 0.405 e. The van der Waals surface area contributed by atoms with Gasteiger partial charge in [0, 0.05) is 6.04 Å². The number of hydrogen-bond donors (Lipinski definition) is 2. The summed E-state index contributed by atoms with van der Waals surface area (Å²) in [6, 6.07) is -0.481. The van der Waals surface area contributed by atoms with Gasteiger partial charge in [0.05, 0.1) is 6.04 Å². The Morgan fingerprint density at radius 2 is 1.88 bits per heavy atom. The fourth-order valence-corrected chi connectivity index (χ4v) is 1.44. The maximum Gasteiger partial charge on any atom is 0.405 e. The van der Waals surface area contributed by atoms with Gasteiger partial charge in [-0.3, -0.25) is 4.79 Å². The van der Waals surface area contributed by atoms with E-state index in [0.29, 0.717) is 0 Å². The van der Waals surface area contributed by atoms with Crippen LogP contribution in [0.4, 0.5) is 13.2 Å². The lowest BCUT2D eigenvalue weighted by molar-refractivity contribution is -0.139. The molecule has 1 amide bonds. The molecule has 0 aromatic heterocycles. The molecule has 0 aliphatic heterocycles. The van der Waals surface area contributed by atoms with Crippen LogP contribution in [-0.4, -0.2) is 30.7 Å². The van der Waals surface area contributed by atoms with Gasteiger partial charge in [-0.05, 0) is 20.3 Å². The van der Waals surface area contributed by atoms with E-state index in [9.17, 15) is 18.0 Å². The predicted molar refractivity (Wildman–Crippen MR) is 60.6 cm³/mol. The minimum Gasteiger partial charge on any atom is -0.346 e. The Hall–Kier alpha value is -0.780. The SMILES string of the molecule is CCCCC(C)NC(C)C(=O)NCC(F)(F)F. The first kappa shape index (κ1) is 16.2. The van der Waals surface area contributed by atoms with Crippen LogP contribution < -0.4 is 10.6 Å². The Morgan fingerprint density at radius 1 is 1.29 bits per heavy atom. The van der Waals surface area contributed by atoms with E-state index in [4.69, 9.17) is 0 Å². The molecule has 0 heterocycles. The third-order valence-corrected chi connectivity index (χ3v) is 2.38. The van der Waals surface area contributed by atoms with Gasteiger partial charge in [0.1, 0.15) is 6.54 Å². The summed E-state index contributed by atoms with van der Waals surface area (Å²) in [7, 11) is 0. The summed E-state index contributed by atoms with van der Waals surface area (Å²) in [5, 5.41) is 4.83. The van der Waals surface area contributed by atoms with E-state index in [-0.39, 0.29) is 6.04 Å². The van der Waals surface area contributed by atoms with Crippen molar-refractivity contribution < 1.29 is 18.0 Å². The van der Waals surface area contributed by atoms with Crippen LogP contribution in [0.2, 0.25) is 0 Å². The van der Waals surface area contributed by atoms with Gasteiger partial charge in [-0.25, -0.2) is 0 Å². The monoisotopic (exact) mass is 254 g/mol. The highest BCUT2D eigenvalue weighted by Gasteiger charge is 2.28. The zero-order valence-electron chi connectivity index (χ0n) is 10.5. The Bertz CT molecular complexity index is 231. The first-order valence-corrected chi connectivity index (χ1v) is 5.86. The first-order chi connectivity index (χ1) is 7.76. The van der Waals surface area contributed by atoms with Crippen LogP contribution in [0.1, 0.15) is 40.0 Å². The summed E-state index contributed by atoms with van der Waals surface area (Å²) in [4.78, 5) is 11.3. The second-order valence-electron chi connectivity index (χ2n) is 4.26. The van der Waals surface area contributed by atoms with Gasteiger partial charge in [-0.2, -0.15) is 13.2 Å². The number of rotatable bonds is 7. The smallest absolute Gasteiger partial charge is 0.346 e. The molecule has 0 spiro atoms. The molecule has 6 heteroatoms. The average Bonchev–Trinajstić information content (AvgIpc) is 2.21. The molecule has 3 nitrogen and oxygen atoms in total. The van der Waals surface area contributed by atoms with Crippen LogP contribution in [0.3, 0.4) is 0 Å². The highest BCUT2D eigenvalue weighted by molar-refractivity contribution is 5.81. The molecule has 0 fully saturated rings. The van der Waals surface area contributed by atoms with Crippen molar-refractivity contribution in [2.45, 2.75) is 58.3 Å². The van der Waals surface area contributed by atoms with Gasteiger partial charge in [-0.15, -0.1) is 0 Å². The minimum absolute atomic E-state index is 0.126. The van der Waals surface area contributed by atoms with Crippen LogP contribution in [-0.2, 0) is 4.79 Å². The number of hydrogen-bond acceptors (Lipinski definition) is 2. The summed E-state index contributed by atoms with van der Waals surface area (Å²) in [5.41, 5.74) is 0. The molecule has 0 aliphatic carbocycles. The maximum atomic E-state index is 11.9. The maximum absolute atomic E-state index is 11.9. The zero-order chi connectivity index (χ0) is 13.5. The number of halogens is 3. The summed E-state index contributed by atoms with van der Waals surface area (Å²) in [6.07, 6.45) is -1.36. The van der Waals surface area contributed by atoms with Crippen LogP contribution in [0.15, 0.2) is 0 Å². The molecule has 17 heavy (non-hydrogen) atoms. The molecule has 2 unspecified atom stereocenters. The van der Waals surface area contributed by atoms with E-state index in [1.807, 2.05) is 12.2 Å². The highest BCUT2D eigenvalue weighted by atomic mass is 19.4. The van der Waals surface area contributed by atoms with Crippen molar-refractivity contribution in [2.24, 2.45) is 0 Å². The van der Waals surface area contributed by atoms with Gasteiger partial charge < -0.3 is 10.6 Å². The molecule has 0 rings (SSSR count). The Balaban J connectivity index is 3.89. The topological polar surface area (TPSA) is 41.1 Å². The van der Waals surface area contributed by atoms with Crippen molar-refractivity contribution in [1.29, 1.82) is 0 Å². The van der Waals surface area contributed by atoms with Gasteiger partial charge in [0.2, 0.25) is 5.91 Å². The molecule has 0 aromatic carbocycles. The molecule has 0 aliphatic rings. The van der Waals surface area contributed by atoms with Crippen molar-refractivity contribution in [3.05, 3.63) is 0 Å². The number of nitrogens with one attached hydrogen (secondary N) is 2. The summed E-state index contributed by atoms with van der Waals surface area (Å²) in [6.45, 7) is 4.27. The van der Waals surface area contributed by atoms with Gasteiger partial charge in [0.25, 0.3) is 0 Å². The van der Waals surface area contributed by atoms with E-state index in [1.54, 1.807) is 6.92 Å². The normalized spacial score (nSPS) is 15.4. The van der Waals surface area contributed by atoms with Crippen LogP contribution in [0, 0.1) is 0 Å². The van der Waals surface area contributed by atoms with E-state index in [2.05, 4.69) is 12.2 Å². The van der Waals surface area contributed by atoms with Crippen molar-refractivity contribution in [3.8, 4) is 0 Å². The van der Waals surface area contributed by atoms with Crippen LogP contribution in [0.5, 0.6) is 0 Å². The zero-order valence-corrected chi connectivity index (χ0v) is 10.5. The molecule has 0 saturated carbocycles. The Morgan fingerprint density at radius 3 is 2.35 bits per heavy atom. The number of unbranched alkanes of at least 4 members (excludes halogenated alkanes) is 1. The number of alkyl halides is 3. The molecule has 102 valence electrons. The molecular weight excluding hydrogens is 233 g/mol. The summed E-state index contributed by atoms with van der Waals surface area (Å²) < 4.78 is 35.6. The molecule has 2 N–H and O–H groups in total. The summed E-state index contributed by atoms with van der Waals surface area (Å²) in [5.74, 6) is -0.620. The standard InChI is InChI=1S/C11H21F3N2O/c1-4-5-6-8(2)16-9(3)10(17)15-7-11(12,13)14/h8-9,16H,4-7H2,1-3H3,(H,15,17). The fraction of sp³-hybridized carbons (Fsp3) is 0.909. The molecule has 2 atom stereocenters. The first-order valence-electron chi connectivity index (χ1n) is 5.86. The minimum atomic E-state index is -4.36. The van der Waals surface area contributed by atoms with Crippen LogP contribution in [0.25, 0.3) is 0 Å². The molecule has 0 aromatic rings. The van der Waals surface area contributed by atoms with Crippen molar-refractivity contribution >= 4 is 5.91 Å². The van der Waals surface area contributed by atoms with Crippen molar-refractivity contribution in [1.82, 2.24) is 10.6 Å². The van der Waals surface area contributed by atoms with Gasteiger partial charge in [-0.1, -0.05) is 19.8 Å². The van der Waals surface area contributed by atoms with E-state index < -0.39 is 24.7 Å². The van der Waals surface area contributed by atoms with Gasteiger partial charge in [0.15, 0.2) is 0 Å². The van der Waals surface area contributed by atoms with E-state index >= 15 is 0 Å². The average molecular weight is 254 g/mol. The van der Waals surface area contributed by atoms with E-state index in [0.717, 1.165) is 19.3 Å². The second-order valence-corrected chi connectivity index (χ2v) is 4.26. The lowest BCUT2D eigenvalue weighted by Crippen LogP contribution is -2.47. The van der Waals surface area contributed by atoms with Gasteiger partial charge >= 0.3 is 6.18 Å². The molecule has 0 radical (unpaired) electrons. The highest BCUT2D eigenvalue weighted by Crippen LogP contribution is 2.12. The quantitative estimate of drug-likeness (QED) is 0.731. The Kier molecular flexibility index (Phi) is 7.18. The fourth-order valence-electron chi connectivity index (χ4n) is 1.44. The number of carbonyl (C=O) groups excluding carboxylic acids is 1. The summed E-state index contributed by atoms with van der Waals surface area (Å²) >= 11 is 0. The lowest BCUT2D eigenvalue weighted by atomic mass is 10.1. The second kappa shape index (κ2) is 7.53. The number of amides is 1. The number of carbonyl (C=O) groups is 1. The van der Waals surface area contributed by atoms with Crippen LogP contribution >= 0.6 is 0 Å². The third kappa shape index (κ3) is 8.97. The van der Waals surface area contributed by atoms with Crippen molar-refractivity contribution in [3.63, 3.8) is 0 Å². The molecule has 0 bridgehead atoms. The molecule has 0 saturated heterocycles. The predicted octanol–water partition coefficient (Wildman–Crippen LogP) is 2.22. The molecular formula is C11H21F3N2O. The van der Waals surface area contributed by atoms with Crippen molar-refractivity contribution in [2.75, 3.05) is 6.54 Å². The lowest BCUT2D eigenvalue weighted by Gasteiger charge is -2.19. The Labute approximate surface area is 100 Å². The van der Waals surface area contributed by atoms with E-state index in [1.165, 1.54) is 0 Å². The third-order valence-electron chi connectivity index (χ3n) is 2.38.